The zero-order valence-corrected chi connectivity index (χ0v) is 13.5. The number of hydrogen-bond acceptors (Lipinski definition) is 3. The minimum atomic E-state index is -4.39. The van der Waals surface area contributed by atoms with Crippen LogP contribution in [0.3, 0.4) is 0 Å². The standard InChI is InChI=1S/C17H21F3N2O2/c1-22-7-8-24-14(10-22)16(23)21-15(11-5-6-11)12-3-2-4-13(9-12)17(18,19)20/h2-4,9,11,14-15H,5-8,10H2,1H3,(H,21,23). The van der Waals surface area contributed by atoms with Crippen LogP contribution in [0.4, 0.5) is 13.2 Å². The van der Waals surface area contributed by atoms with Gasteiger partial charge in [0.25, 0.3) is 5.91 Å². The molecule has 7 heteroatoms. The van der Waals surface area contributed by atoms with E-state index in [1.54, 1.807) is 6.07 Å². The molecule has 132 valence electrons. The SMILES string of the molecule is CN1CCOC(C(=O)NC(c2cccc(C(F)(F)F)c2)C2CC2)C1. The third-order valence-electron chi connectivity index (χ3n) is 4.53. The van der Waals surface area contributed by atoms with Crippen LogP contribution in [-0.2, 0) is 15.7 Å². The van der Waals surface area contributed by atoms with Crippen LogP contribution >= 0.6 is 0 Å². The highest BCUT2D eigenvalue weighted by Crippen LogP contribution is 2.42. The molecule has 2 fully saturated rings. The van der Waals surface area contributed by atoms with E-state index in [1.165, 1.54) is 6.07 Å². The average Bonchev–Trinajstić information content (AvgIpc) is 3.36. The Morgan fingerprint density at radius 3 is 2.75 bits per heavy atom. The van der Waals surface area contributed by atoms with E-state index in [2.05, 4.69) is 5.32 Å². The molecule has 3 rings (SSSR count). The second-order valence-electron chi connectivity index (χ2n) is 6.57. The molecule has 0 radical (unpaired) electrons. The molecule has 0 aromatic heterocycles. The van der Waals surface area contributed by atoms with Crippen molar-refractivity contribution >= 4 is 5.91 Å². The Morgan fingerprint density at radius 1 is 1.38 bits per heavy atom. The van der Waals surface area contributed by atoms with Crippen LogP contribution < -0.4 is 5.32 Å². The van der Waals surface area contributed by atoms with Gasteiger partial charge in [-0.3, -0.25) is 4.79 Å². The molecule has 1 aromatic rings. The Kier molecular flexibility index (Phi) is 4.83. The number of morpholine rings is 1. The van der Waals surface area contributed by atoms with E-state index in [0.717, 1.165) is 31.5 Å². The molecule has 1 heterocycles. The number of carbonyl (C=O) groups excluding carboxylic acids is 1. The topological polar surface area (TPSA) is 41.6 Å². The molecule has 24 heavy (non-hydrogen) atoms. The summed E-state index contributed by atoms with van der Waals surface area (Å²) in [6.45, 7) is 1.74. The molecule has 1 amide bonds. The van der Waals surface area contributed by atoms with Crippen molar-refractivity contribution in [3.63, 3.8) is 0 Å². The normalized spacial score (nSPS) is 23.8. The van der Waals surface area contributed by atoms with E-state index in [-0.39, 0.29) is 11.8 Å². The van der Waals surface area contributed by atoms with Crippen molar-refractivity contribution in [3.8, 4) is 0 Å². The smallest absolute Gasteiger partial charge is 0.366 e. The van der Waals surface area contributed by atoms with Crippen LogP contribution in [0.15, 0.2) is 24.3 Å². The summed E-state index contributed by atoms with van der Waals surface area (Å²) in [5.41, 5.74) is -0.182. The van der Waals surface area contributed by atoms with Crippen LogP contribution in [0.1, 0.15) is 30.0 Å². The monoisotopic (exact) mass is 342 g/mol. The number of amides is 1. The molecule has 1 aromatic carbocycles. The molecule has 2 atom stereocenters. The lowest BCUT2D eigenvalue weighted by atomic mass is 9.99. The number of alkyl halides is 3. The Bertz CT molecular complexity index is 602. The number of halogens is 3. The summed E-state index contributed by atoms with van der Waals surface area (Å²) < 4.78 is 44.3. The lowest BCUT2D eigenvalue weighted by Crippen LogP contribution is -2.49. The number of ether oxygens (including phenoxy) is 1. The van der Waals surface area contributed by atoms with Gasteiger partial charge < -0.3 is 15.0 Å². The Labute approximate surface area is 139 Å². The molecule has 0 spiro atoms. The lowest BCUT2D eigenvalue weighted by Gasteiger charge is -2.30. The van der Waals surface area contributed by atoms with Crippen molar-refractivity contribution in [2.45, 2.75) is 31.2 Å². The highest BCUT2D eigenvalue weighted by molar-refractivity contribution is 5.81. The van der Waals surface area contributed by atoms with Crippen LogP contribution in [0.2, 0.25) is 0 Å². The number of likely N-dealkylation sites (N-methyl/N-ethyl adjacent to an activating group) is 1. The predicted octanol–water partition coefficient (Wildman–Crippen LogP) is 2.60. The van der Waals surface area contributed by atoms with Gasteiger partial charge in [0.1, 0.15) is 6.10 Å². The lowest BCUT2D eigenvalue weighted by molar-refractivity contribution is -0.138. The summed E-state index contributed by atoms with van der Waals surface area (Å²) in [6, 6.07) is 4.83. The van der Waals surface area contributed by atoms with Crippen molar-refractivity contribution in [1.82, 2.24) is 10.2 Å². The number of rotatable bonds is 4. The van der Waals surface area contributed by atoms with Gasteiger partial charge in [-0.1, -0.05) is 12.1 Å². The van der Waals surface area contributed by atoms with Crippen LogP contribution in [0, 0.1) is 5.92 Å². The molecule has 1 saturated carbocycles. The largest absolute Gasteiger partial charge is 0.416 e. The highest BCUT2D eigenvalue weighted by Gasteiger charge is 2.37. The first-order valence-corrected chi connectivity index (χ1v) is 8.12. The fraction of sp³-hybridized carbons (Fsp3) is 0.588. The molecule has 2 unspecified atom stereocenters. The maximum atomic E-state index is 12.9. The minimum absolute atomic E-state index is 0.193. The number of hydrogen-bond donors (Lipinski definition) is 1. The Hall–Kier alpha value is -1.60. The highest BCUT2D eigenvalue weighted by atomic mass is 19.4. The summed E-state index contributed by atoms with van der Waals surface area (Å²) in [6.07, 6.45) is -3.14. The average molecular weight is 342 g/mol. The third kappa shape index (κ3) is 4.08. The molecule has 1 N–H and O–H groups in total. The number of nitrogens with one attached hydrogen (secondary N) is 1. The van der Waals surface area contributed by atoms with Gasteiger partial charge >= 0.3 is 6.18 Å². The van der Waals surface area contributed by atoms with E-state index in [0.29, 0.717) is 18.7 Å². The van der Waals surface area contributed by atoms with E-state index in [4.69, 9.17) is 4.74 Å². The van der Waals surface area contributed by atoms with Gasteiger partial charge in [-0.15, -0.1) is 0 Å². The van der Waals surface area contributed by atoms with Gasteiger partial charge in [-0.05, 0) is 43.5 Å². The van der Waals surface area contributed by atoms with Crippen molar-refractivity contribution < 1.29 is 22.7 Å². The van der Waals surface area contributed by atoms with Crippen molar-refractivity contribution in [1.29, 1.82) is 0 Å². The fourth-order valence-electron chi connectivity index (χ4n) is 2.99. The summed E-state index contributed by atoms with van der Waals surface area (Å²) in [5, 5.41) is 2.91. The summed E-state index contributed by atoms with van der Waals surface area (Å²) in [7, 11) is 1.91. The van der Waals surface area contributed by atoms with Gasteiger partial charge in [0.15, 0.2) is 0 Å². The van der Waals surface area contributed by atoms with Crippen molar-refractivity contribution in [2.75, 3.05) is 26.7 Å². The zero-order chi connectivity index (χ0) is 17.3. The third-order valence-corrected chi connectivity index (χ3v) is 4.53. The summed E-state index contributed by atoms with van der Waals surface area (Å²) in [5.74, 6) is -0.0605. The fourth-order valence-corrected chi connectivity index (χ4v) is 2.99. The maximum Gasteiger partial charge on any atom is 0.416 e. The summed E-state index contributed by atoms with van der Waals surface area (Å²) in [4.78, 5) is 14.5. The van der Waals surface area contributed by atoms with Crippen molar-refractivity contribution in [2.24, 2.45) is 5.92 Å². The van der Waals surface area contributed by atoms with E-state index >= 15 is 0 Å². The quantitative estimate of drug-likeness (QED) is 0.915. The molecular weight excluding hydrogens is 321 g/mol. The zero-order valence-electron chi connectivity index (χ0n) is 13.5. The van der Waals surface area contributed by atoms with Crippen LogP contribution in [0.25, 0.3) is 0 Å². The first kappa shape index (κ1) is 17.2. The predicted molar refractivity (Wildman–Crippen MR) is 82.3 cm³/mol. The number of carbonyl (C=O) groups is 1. The van der Waals surface area contributed by atoms with Gasteiger partial charge in [-0.25, -0.2) is 0 Å². The minimum Gasteiger partial charge on any atom is -0.366 e. The second kappa shape index (κ2) is 6.72. The Morgan fingerprint density at radius 2 is 2.12 bits per heavy atom. The van der Waals surface area contributed by atoms with Crippen LogP contribution in [-0.4, -0.2) is 43.7 Å². The molecule has 1 aliphatic carbocycles. The molecule has 1 aliphatic heterocycles. The van der Waals surface area contributed by atoms with Gasteiger partial charge in [0, 0.05) is 13.1 Å². The van der Waals surface area contributed by atoms with E-state index < -0.39 is 23.9 Å². The molecule has 2 aliphatic rings. The molecular formula is C17H21F3N2O2. The van der Waals surface area contributed by atoms with Gasteiger partial charge in [-0.2, -0.15) is 13.2 Å². The molecule has 0 bridgehead atoms. The van der Waals surface area contributed by atoms with Gasteiger partial charge in [0.2, 0.25) is 0 Å². The Balaban J connectivity index is 1.75. The first-order valence-electron chi connectivity index (χ1n) is 8.12. The number of nitrogens with zero attached hydrogens (tertiary/aromatic N) is 1. The first-order chi connectivity index (χ1) is 11.3. The van der Waals surface area contributed by atoms with E-state index in [9.17, 15) is 18.0 Å². The van der Waals surface area contributed by atoms with Crippen molar-refractivity contribution in [3.05, 3.63) is 35.4 Å². The van der Waals surface area contributed by atoms with Crippen LogP contribution in [0.5, 0.6) is 0 Å². The second-order valence-corrected chi connectivity index (χ2v) is 6.57. The number of benzene rings is 1. The van der Waals surface area contributed by atoms with E-state index in [1.807, 2.05) is 11.9 Å². The maximum absolute atomic E-state index is 12.9. The molecule has 1 saturated heterocycles. The summed E-state index contributed by atoms with van der Waals surface area (Å²) >= 11 is 0. The molecule has 4 nitrogen and oxygen atoms in total. The van der Waals surface area contributed by atoms with Gasteiger partial charge in [0.05, 0.1) is 18.2 Å².